The van der Waals surface area contributed by atoms with Gasteiger partial charge in [-0.1, -0.05) is 13.0 Å². The standard InChI is InChI=1S/C12H18N2/c1-4-6-12(13-3)11-7-8-14-9-10(11)5-2/h4,7-9,12-13H,1,5-6H2,2-3H3. The van der Waals surface area contributed by atoms with Gasteiger partial charge in [0, 0.05) is 18.4 Å². The van der Waals surface area contributed by atoms with Crippen molar-refractivity contribution in [2.75, 3.05) is 7.05 Å². The van der Waals surface area contributed by atoms with Gasteiger partial charge in [-0.2, -0.15) is 0 Å². The van der Waals surface area contributed by atoms with E-state index in [1.807, 2.05) is 25.5 Å². The number of aromatic nitrogens is 1. The van der Waals surface area contributed by atoms with Crippen LogP contribution in [0.1, 0.15) is 30.5 Å². The van der Waals surface area contributed by atoms with Crippen LogP contribution in [0, 0.1) is 0 Å². The summed E-state index contributed by atoms with van der Waals surface area (Å²) in [6, 6.07) is 2.45. The van der Waals surface area contributed by atoms with Crippen LogP contribution in [0.2, 0.25) is 0 Å². The molecule has 0 aliphatic heterocycles. The van der Waals surface area contributed by atoms with E-state index in [-0.39, 0.29) is 0 Å². The third kappa shape index (κ3) is 2.42. The van der Waals surface area contributed by atoms with Crippen molar-refractivity contribution in [3.05, 3.63) is 42.2 Å². The Morgan fingerprint density at radius 2 is 2.43 bits per heavy atom. The number of hydrogen-bond acceptors (Lipinski definition) is 2. The molecule has 1 rings (SSSR count). The lowest BCUT2D eigenvalue weighted by Crippen LogP contribution is -2.17. The van der Waals surface area contributed by atoms with E-state index >= 15 is 0 Å². The van der Waals surface area contributed by atoms with Gasteiger partial charge in [-0.05, 0) is 37.1 Å². The summed E-state index contributed by atoms with van der Waals surface area (Å²) in [5.74, 6) is 0. The highest BCUT2D eigenvalue weighted by atomic mass is 14.9. The van der Waals surface area contributed by atoms with Gasteiger partial charge in [0.2, 0.25) is 0 Å². The average Bonchev–Trinajstić information content (AvgIpc) is 2.26. The van der Waals surface area contributed by atoms with E-state index in [0.29, 0.717) is 6.04 Å². The fourth-order valence-corrected chi connectivity index (χ4v) is 1.64. The van der Waals surface area contributed by atoms with Crippen molar-refractivity contribution >= 4 is 0 Å². The molecule has 0 saturated heterocycles. The Hall–Kier alpha value is -1.15. The van der Waals surface area contributed by atoms with Gasteiger partial charge in [0.05, 0.1) is 0 Å². The molecule has 0 saturated carbocycles. The molecule has 0 bridgehead atoms. The Morgan fingerprint density at radius 3 is 3.00 bits per heavy atom. The van der Waals surface area contributed by atoms with Gasteiger partial charge in [0.25, 0.3) is 0 Å². The molecule has 0 radical (unpaired) electrons. The summed E-state index contributed by atoms with van der Waals surface area (Å²) in [6.45, 7) is 5.93. The zero-order chi connectivity index (χ0) is 10.4. The van der Waals surface area contributed by atoms with Gasteiger partial charge in [-0.3, -0.25) is 4.98 Å². The fraction of sp³-hybridized carbons (Fsp3) is 0.417. The predicted octanol–water partition coefficient (Wildman–Crippen LogP) is 2.48. The van der Waals surface area contributed by atoms with Gasteiger partial charge >= 0.3 is 0 Å². The van der Waals surface area contributed by atoms with Crippen molar-refractivity contribution < 1.29 is 0 Å². The van der Waals surface area contributed by atoms with Crippen LogP contribution in [-0.2, 0) is 6.42 Å². The highest BCUT2D eigenvalue weighted by Gasteiger charge is 2.10. The van der Waals surface area contributed by atoms with E-state index < -0.39 is 0 Å². The molecule has 1 atom stereocenters. The molecule has 14 heavy (non-hydrogen) atoms. The number of pyridine rings is 1. The molecule has 1 heterocycles. The van der Waals surface area contributed by atoms with E-state index in [2.05, 4.69) is 29.9 Å². The van der Waals surface area contributed by atoms with Gasteiger partial charge in [0.1, 0.15) is 0 Å². The van der Waals surface area contributed by atoms with Crippen LogP contribution in [-0.4, -0.2) is 12.0 Å². The molecule has 0 spiro atoms. The minimum Gasteiger partial charge on any atom is -0.313 e. The first kappa shape index (κ1) is 10.9. The molecular formula is C12H18N2. The maximum Gasteiger partial charge on any atom is 0.0356 e. The lowest BCUT2D eigenvalue weighted by Gasteiger charge is -2.17. The van der Waals surface area contributed by atoms with Crippen LogP contribution in [0.3, 0.4) is 0 Å². The average molecular weight is 190 g/mol. The summed E-state index contributed by atoms with van der Waals surface area (Å²) in [4.78, 5) is 4.14. The van der Waals surface area contributed by atoms with Crippen molar-refractivity contribution in [3.63, 3.8) is 0 Å². The fourth-order valence-electron chi connectivity index (χ4n) is 1.64. The monoisotopic (exact) mass is 190 g/mol. The molecule has 0 aliphatic rings. The number of nitrogens with one attached hydrogen (secondary N) is 1. The Labute approximate surface area is 86.1 Å². The normalized spacial score (nSPS) is 12.4. The van der Waals surface area contributed by atoms with Gasteiger partial charge in [0.15, 0.2) is 0 Å². The van der Waals surface area contributed by atoms with Crippen molar-refractivity contribution in [2.45, 2.75) is 25.8 Å². The van der Waals surface area contributed by atoms with E-state index in [9.17, 15) is 0 Å². The van der Waals surface area contributed by atoms with Gasteiger partial charge in [-0.25, -0.2) is 0 Å². The molecule has 1 aromatic rings. The van der Waals surface area contributed by atoms with E-state index in [1.165, 1.54) is 11.1 Å². The van der Waals surface area contributed by atoms with E-state index in [1.54, 1.807) is 0 Å². The Kier molecular flexibility index (Phi) is 4.33. The molecule has 0 amide bonds. The van der Waals surface area contributed by atoms with E-state index in [0.717, 1.165) is 12.8 Å². The van der Waals surface area contributed by atoms with Crippen LogP contribution in [0.5, 0.6) is 0 Å². The number of nitrogens with zero attached hydrogens (tertiary/aromatic N) is 1. The highest BCUT2D eigenvalue weighted by Crippen LogP contribution is 2.20. The number of rotatable bonds is 5. The van der Waals surface area contributed by atoms with Crippen LogP contribution in [0.4, 0.5) is 0 Å². The second-order valence-electron chi connectivity index (χ2n) is 3.29. The Balaban J connectivity index is 2.95. The zero-order valence-corrected chi connectivity index (χ0v) is 8.96. The molecule has 76 valence electrons. The van der Waals surface area contributed by atoms with Crippen LogP contribution < -0.4 is 5.32 Å². The summed E-state index contributed by atoms with van der Waals surface area (Å²) in [7, 11) is 1.98. The summed E-state index contributed by atoms with van der Waals surface area (Å²) in [5, 5.41) is 3.29. The summed E-state index contributed by atoms with van der Waals surface area (Å²) < 4.78 is 0. The molecule has 2 heteroatoms. The summed E-state index contributed by atoms with van der Waals surface area (Å²) in [5.41, 5.74) is 2.65. The SMILES string of the molecule is C=CCC(NC)c1ccncc1CC. The lowest BCUT2D eigenvalue weighted by atomic mass is 9.99. The molecule has 1 N–H and O–H groups in total. The Morgan fingerprint density at radius 1 is 1.64 bits per heavy atom. The van der Waals surface area contributed by atoms with Crippen molar-refractivity contribution in [1.82, 2.24) is 10.3 Å². The van der Waals surface area contributed by atoms with Crippen molar-refractivity contribution in [2.24, 2.45) is 0 Å². The first-order chi connectivity index (χ1) is 6.83. The van der Waals surface area contributed by atoms with E-state index in [4.69, 9.17) is 0 Å². The van der Waals surface area contributed by atoms with Gasteiger partial charge < -0.3 is 5.32 Å². The molecule has 1 aromatic heterocycles. The maximum atomic E-state index is 4.14. The maximum absolute atomic E-state index is 4.14. The number of hydrogen-bond donors (Lipinski definition) is 1. The molecule has 1 unspecified atom stereocenters. The minimum absolute atomic E-state index is 0.366. The molecule has 0 aromatic carbocycles. The molecular weight excluding hydrogens is 172 g/mol. The molecule has 0 aliphatic carbocycles. The number of aryl methyl sites for hydroxylation is 1. The third-order valence-corrected chi connectivity index (χ3v) is 2.45. The first-order valence-corrected chi connectivity index (χ1v) is 5.04. The second-order valence-corrected chi connectivity index (χ2v) is 3.29. The Bertz CT molecular complexity index is 294. The summed E-state index contributed by atoms with van der Waals surface area (Å²) >= 11 is 0. The van der Waals surface area contributed by atoms with Crippen LogP contribution in [0.15, 0.2) is 31.1 Å². The van der Waals surface area contributed by atoms with Crippen molar-refractivity contribution in [1.29, 1.82) is 0 Å². The topological polar surface area (TPSA) is 24.9 Å². The largest absolute Gasteiger partial charge is 0.313 e. The first-order valence-electron chi connectivity index (χ1n) is 5.04. The predicted molar refractivity (Wildman–Crippen MR) is 60.2 cm³/mol. The smallest absolute Gasteiger partial charge is 0.0356 e. The lowest BCUT2D eigenvalue weighted by molar-refractivity contribution is 0.597. The third-order valence-electron chi connectivity index (χ3n) is 2.45. The second kappa shape index (κ2) is 5.55. The highest BCUT2D eigenvalue weighted by molar-refractivity contribution is 5.27. The van der Waals surface area contributed by atoms with Gasteiger partial charge in [-0.15, -0.1) is 6.58 Å². The van der Waals surface area contributed by atoms with Crippen molar-refractivity contribution in [3.8, 4) is 0 Å². The van der Waals surface area contributed by atoms with Crippen LogP contribution in [0.25, 0.3) is 0 Å². The minimum atomic E-state index is 0.366. The molecule has 2 nitrogen and oxygen atoms in total. The quantitative estimate of drug-likeness (QED) is 0.721. The molecule has 0 fully saturated rings. The van der Waals surface area contributed by atoms with Crippen LogP contribution >= 0.6 is 0 Å². The summed E-state index contributed by atoms with van der Waals surface area (Å²) in [6.07, 6.45) is 7.72. The zero-order valence-electron chi connectivity index (χ0n) is 8.96.